The predicted molar refractivity (Wildman–Crippen MR) is 106 cm³/mol. The van der Waals surface area contributed by atoms with Crippen molar-refractivity contribution in [3.8, 4) is 0 Å². The molecule has 1 aliphatic heterocycles. The Morgan fingerprint density at radius 3 is 2.75 bits per heavy atom. The van der Waals surface area contributed by atoms with Gasteiger partial charge in [-0.05, 0) is 31.1 Å². The summed E-state index contributed by atoms with van der Waals surface area (Å²) in [6, 6.07) is 5.69. The Balaban J connectivity index is 1.39. The summed E-state index contributed by atoms with van der Waals surface area (Å²) in [5.74, 6) is 1.73. The van der Waals surface area contributed by atoms with Crippen molar-refractivity contribution in [2.45, 2.75) is 18.8 Å². The molecule has 0 spiro atoms. The molecule has 28 heavy (non-hydrogen) atoms. The number of nitrogens with one attached hydrogen (secondary N) is 2. The highest BCUT2D eigenvalue weighted by Gasteiger charge is 2.26. The zero-order valence-corrected chi connectivity index (χ0v) is 15.3. The molecule has 0 aromatic carbocycles. The molecule has 4 rings (SSSR count). The average Bonchev–Trinajstić information content (AvgIpc) is 3.27. The standard InChI is InChI=1S/C20H21N7O/c28-18(5-4-16-13-21-14-25-16)27-11-6-15(7-12-27)19-20(24-10-9-23-19)26-17-3-1-2-8-22-17/h1-5,8-10,13-15H,6-7,11-12H2,(H,21,25)(H,22,24,26)/b5-4+. The second kappa shape index (κ2) is 8.43. The van der Waals surface area contributed by atoms with Gasteiger partial charge in [0.15, 0.2) is 5.82 Å². The predicted octanol–water partition coefficient (Wildman–Crippen LogP) is 2.76. The van der Waals surface area contributed by atoms with Crippen LogP contribution in [0.25, 0.3) is 6.08 Å². The third-order valence-electron chi connectivity index (χ3n) is 4.76. The molecule has 1 saturated heterocycles. The van der Waals surface area contributed by atoms with E-state index in [9.17, 15) is 4.79 Å². The Kier molecular flexibility index (Phi) is 5.37. The van der Waals surface area contributed by atoms with Crippen molar-refractivity contribution in [3.05, 3.63) is 66.8 Å². The van der Waals surface area contributed by atoms with E-state index in [1.54, 1.807) is 43.3 Å². The topological polar surface area (TPSA) is 99.7 Å². The summed E-state index contributed by atoms with van der Waals surface area (Å²) in [5.41, 5.74) is 1.74. The first-order chi connectivity index (χ1) is 13.8. The second-order valence-electron chi connectivity index (χ2n) is 6.57. The number of hydrogen-bond acceptors (Lipinski definition) is 6. The highest BCUT2D eigenvalue weighted by atomic mass is 16.2. The first-order valence-corrected chi connectivity index (χ1v) is 9.24. The van der Waals surface area contributed by atoms with E-state index < -0.39 is 0 Å². The van der Waals surface area contributed by atoms with Crippen molar-refractivity contribution in [1.82, 2.24) is 29.8 Å². The smallest absolute Gasteiger partial charge is 0.246 e. The van der Waals surface area contributed by atoms with Crippen molar-refractivity contribution in [2.75, 3.05) is 18.4 Å². The molecule has 142 valence electrons. The van der Waals surface area contributed by atoms with E-state index in [1.165, 1.54) is 0 Å². The number of H-pyrrole nitrogens is 1. The number of carbonyl (C=O) groups is 1. The maximum Gasteiger partial charge on any atom is 0.246 e. The summed E-state index contributed by atoms with van der Waals surface area (Å²) in [6.45, 7) is 1.38. The highest BCUT2D eigenvalue weighted by Crippen LogP contribution is 2.31. The van der Waals surface area contributed by atoms with Crippen LogP contribution in [0.15, 0.2) is 55.4 Å². The van der Waals surface area contributed by atoms with Gasteiger partial charge < -0.3 is 15.2 Å². The van der Waals surface area contributed by atoms with Gasteiger partial charge in [0, 0.05) is 43.7 Å². The van der Waals surface area contributed by atoms with Crippen molar-refractivity contribution in [3.63, 3.8) is 0 Å². The molecule has 1 fully saturated rings. The van der Waals surface area contributed by atoms with Crippen molar-refractivity contribution < 1.29 is 4.79 Å². The molecular formula is C20H21N7O. The molecule has 0 bridgehead atoms. The number of carbonyl (C=O) groups excluding carboxylic acids is 1. The molecule has 0 radical (unpaired) electrons. The number of piperidine rings is 1. The summed E-state index contributed by atoms with van der Waals surface area (Å²) >= 11 is 0. The number of aromatic amines is 1. The Morgan fingerprint density at radius 1 is 1.14 bits per heavy atom. The number of pyridine rings is 1. The molecule has 1 amide bonds. The van der Waals surface area contributed by atoms with Gasteiger partial charge in [-0.3, -0.25) is 9.78 Å². The molecule has 0 saturated carbocycles. The number of nitrogens with zero attached hydrogens (tertiary/aromatic N) is 5. The minimum Gasteiger partial charge on any atom is -0.345 e. The molecule has 0 atom stereocenters. The third kappa shape index (κ3) is 4.22. The summed E-state index contributed by atoms with van der Waals surface area (Å²) in [7, 11) is 0. The summed E-state index contributed by atoms with van der Waals surface area (Å²) < 4.78 is 0. The van der Waals surface area contributed by atoms with E-state index in [0.717, 1.165) is 35.9 Å². The summed E-state index contributed by atoms with van der Waals surface area (Å²) in [5, 5.41) is 3.25. The monoisotopic (exact) mass is 375 g/mol. The van der Waals surface area contributed by atoms with Crippen LogP contribution in [0, 0.1) is 0 Å². The molecule has 8 heteroatoms. The van der Waals surface area contributed by atoms with Crippen LogP contribution in [0.3, 0.4) is 0 Å². The lowest BCUT2D eigenvalue weighted by Gasteiger charge is -2.31. The third-order valence-corrected chi connectivity index (χ3v) is 4.76. The van der Waals surface area contributed by atoms with Crippen LogP contribution in [-0.4, -0.2) is 48.8 Å². The van der Waals surface area contributed by atoms with Gasteiger partial charge in [0.05, 0.1) is 23.9 Å². The van der Waals surface area contributed by atoms with Gasteiger partial charge in [0.1, 0.15) is 5.82 Å². The molecule has 8 nitrogen and oxygen atoms in total. The van der Waals surface area contributed by atoms with Crippen LogP contribution in [0.1, 0.15) is 30.1 Å². The van der Waals surface area contributed by atoms with Crippen LogP contribution in [0.4, 0.5) is 11.6 Å². The largest absolute Gasteiger partial charge is 0.345 e. The fourth-order valence-electron chi connectivity index (χ4n) is 3.30. The van der Waals surface area contributed by atoms with Gasteiger partial charge in [-0.15, -0.1) is 0 Å². The van der Waals surface area contributed by atoms with Gasteiger partial charge in [-0.1, -0.05) is 6.07 Å². The number of anilines is 2. The molecule has 3 aromatic rings. The lowest BCUT2D eigenvalue weighted by molar-refractivity contribution is -0.126. The van der Waals surface area contributed by atoms with Gasteiger partial charge in [-0.2, -0.15) is 0 Å². The molecular weight excluding hydrogens is 354 g/mol. The van der Waals surface area contributed by atoms with Gasteiger partial charge in [0.25, 0.3) is 0 Å². The maximum atomic E-state index is 12.4. The first kappa shape index (κ1) is 17.8. The minimum absolute atomic E-state index is 0.0130. The van der Waals surface area contributed by atoms with E-state index in [4.69, 9.17) is 0 Å². The maximum absolute atomic E-state index is 12.4. The number of amides is 1. The number of aromatic nitrogens is 5. The Hall–Kier alpha value is -3.55. The molecule has 4 heterocycles. The quantitative estimate of drug-likeness (QED) is 0.665. The number of hydrogen-bond donors (Lipinski definition) is 2. The van der Waals surface area contributed by atoms with Crippen molar-refractivity contribution in [2.24, 2.45) is 0 Å². The fraction of sp³-hybridized carbons (Fsp3) is 0.250. The Morgan fingerprint density at radius 2 is 2.00 bits per heavy atom. The van der Waals surface area contributed by atoms with E-state index in [-0.39, 0.29) is 11.8 Å². The average molecular weight is 375 g/mol. The minimum atomic E-state index is 0.0130. The van der Waals surface area contributed by atoms with Gasteiger partial charge >= 0.3 is 0 Å². The Labute approximate surface area is 162 Å². The second-order valence-corrected chi connectivity index (χ2v) is 6.57. The van der Waals surface area contributed by atoms with E-state index >= 15 is 0 Å². The molecule has 1 aliphatic rings. The van der Waals surface area contributed by atoms with Crippen LogP contribution >= 0.6 is 0 Å². The molecule has 0 aliphatic carbocycles. The Bertz CT molecular complexity index is 932. The highest BCUT2D eigenvalue weighted by molar-refractivity contribution is 5.91. The number of likely N-dealkylation sites (tertiary alicyclic amines) is 1. The fourth-order valence-corrected chi connectivity index (χ4v) is 3.30. The van der Waals surface area contributed by atoms with Crippen molar-refractivity contribution in [1.29, 1.82) is 0 Å². The number of rotatable bonds is 5. The normalized spacial score (nSPS) is 15.1. The molecule has 3 aromatic heterocycles. The molecule has 0 unspecified atom stereocenters. The van der Waals surface area contributed by atoms with Crippen molar-refractivity contribution >= 4 is 23.6 Å². The summed E-state index contributed by atoms with van der Waals surface area (Å²) in [6.07, 6.45) is 13.4. The van der Waals surface area contributed by atoms with Crippen LogP contribution < -0.4 is 5.32 Å². The van der Waals surface area contributed by atoms with E-state index in [0.29, 0.717) is 13.1 Å². The first-order valence-electron chi connectivity index (χ1n) is 9.24. The van der Waals surface area contributed by atoms with Gasteiger partial charge in [-0.25, -0.2) is 15.0 Å². The van der Waals surface area contributed by atoms with E-state index in [2.05, 4.69) is 30.2 Å². The van der Waals surface area contributed by atoms with Crippen LogP contribution in [0.2, 0.25) is 0 Å². The van der Waals surface area contributed by atoms with Gasteiger partial charge in [0.2, 0.25) is 5.91 Å². The lowest BCUT2D eigenvalue weighted by atomic mass is 9.93. The van der Waals surface area contributed by atoms with E-state index in [1.807, 2.05) is 23.1 Å². The van der Waals surface area contributed by atoms with Crippen LogP contribution in [-0.2, 0) is 4.79 Å². The zero-order chi connectivity index (χ0) is 19.2. The summed E-state index contributed by atoms with van der Waals surface area (Å²) in [4.78, 5) is 34.5. The lowest BCUT2D eigenvalue weighted by Crippen LogP contribution is -2.37. The SMILES string of the molecule is O=C(/C=C/c1cnc[nH]1)N1CCC(c2nccnc2Nc2ccccn2)CC1. The van der Waals surface area contributed by atoms with Crippen LogP contribution in [0.5, 0.6) is 0 Å². The number of imidazole rings is 1. The molecule has 2 N–H and O–H groups in total. The zero-order valence-electron chi connectivity index (χ0n) is 15.3.